The maximum atomic E-state index is 12.9. The highest BCUT2D eigenvalue weighted by Gasteiger charge is 2.33. The molecule has 2 aromatic heterocycles. The van der Waals surface area contributed by atoms with Crippen molar-refractivity contribution in [3.63, 3.8) is 0 Å². The number of aromatic nitrogens is 3. The fraction of sp³-hybridized carbons (Fsp3) is 0.353. The zero-order chi connectivity index (χ0) is 18.3. The lowest BCUT2D eigenvalue weighted by molar-refractivity contribution is 0.378. The van der Waals surface area contributed by atoms with Gasteiger partial charge in [-0.25, -0.2) is 18.4 Å². The molecule has 0 aliphatic carbocycles. The first-order valence-electron chi connectivity index (χ1n) is 8.36. The Bertz CT molecular complexity index is 1030. The van der Waals surface area contributed by atoms with Crippen molar-refractivity contribution in [2.45, 2.75) is 18.7 Å². The predicted molar refractivity (Wildman–Crippen MR) is 96.5 cm³/mol. The summed E-state index contributed by atoms with van der Waals surface area (Å²) in [5.74, 6) is 1.16. The molecule has 8 nitrogen and oxygen atoms in total. The maximum absolute atomic E-state index is 12.9. The molecule has 9 heteroatoms. The molecule has 1 fully saturated rings. The quantitative estimate of drug-likeness (QED) is 0.690. The van der Waals surface area contributed by atoms with Gasteiger partial charge in [-0.15, -0.1) is 0 Å². The largest absolute Gasteiger partial charge is 0.360 e. The van der Waals surface area contributed by atoms with Crippen molar-refractivity contribution in [2.75, 3.05) is 31.1 Å². The van der Waals surface area contributed by atoms with Crippen LogP contribution in [0.5, 0.6) is 0 Å². The SMILES string of the molecule is Cc1noc(C)c1S(=O)(=O)N1CCN(c2ncnc3ccccc23)CC1. The van der Waals surface area contributed by atoms with Gasteiger partial charge in [0.15, 0.2) is 5.76 Å². The summed E-state index contributed by atoms with van der Waals surface area (Å²) in [4.78, 5) is 11.0. The number of sulfonamides is 1. The molecule has 0 spiro atoms. The number of piperazine rings is 1. The molecule has 1 aliphatic heterocycles. The Morgan fingerprint density at radius 3 is 2.46 bits per heavy atom. The lowest BCUT2D eigenvalue weighted by atomic mass is 10.2. The van der Waals surface area contributed by atoms with Gasteiger partial charge >= 0.3 is 0 Å². The van der Waals surface area contributed by atoms with Gasteiger partial charge in [-0.2, -0.15) is 4.31 Å². The Labute approximate surface area is 151 Å². The highest BCUT2D eigenvalue weighted by molar-refractivity contribution is 7.89. The van der Waals surface area contributed by atoms with Gasteiger partial charge in [0, 0.05) is 31.6 Å². The summed E-state index contributed by atoms with van der Waals surface area (Å²) in [6, 6.07) is 7.82. The Kier molecular flexibility index (Phi) is 4.12. The number of rotatable bonds is 3. The zero-order valence-corrected chi connectivity index (χ0v) is 15.4. The van der Waals surface area contributed by atoms with Gasteiger partial charge in [-0.05, 0) is 26.0 Å². The third-order valence-corrected chi connectivity index (χ3v) is 6.77. The highest BCUT2D eigenvalue weighted by atomic mass is 32.2. The van der Waals surface area contributed by atoms with Gasteiger partial charge in [0.1, 0.15) is 22.7 Å². The van der Waals surface area contributed by atoms with Gasteiger partial charge < -0.3 is 9.42 Å². The second-order valence-corrected chi connectivity index (χ2v) is 8.13. The summed E-state index contributed by atoms with van der Waals surface area (Å²) in [6.45, 7) is 5.14. The minimum Gasteiger partial charge on any atom is -0.360 e. The molecular formula is C17H19N5O3S. The Morgan fingerprint density at radius 2 is 1.77 bits per heavy atom. The first-order valence-corrected chi connectivity index (χ1v) is 9.80. The van der Waals surface area contributed by atoms with Crippen LogP contribution in [0.2, 0.25) is 0 Å². The highest BCUT2D eigenvalue weighted by Crippen LogP contribution is 2.27. The summed E-state index contributed by atoms with van der Waals surface area (Å²) in [5, 5.41) is 4.74. The van der Waals surface area contributed by atoms with Crippen LogP contribution in [0.25, 0.3) is 10.9 Å². The fourth-order valence-electron chi connectivity index (χ4n) is 3.35. The van der Waals surface area contributed by atoms with Gasteiger partial charge in [0.25, 0.3) is 0 Å². The molecule has 4 rings (SSSR count). The van der Waals surface area contributed by atoms with E-state index in [1.807, 2.05) is 24.3 Å². The maximum Gasteiger partial charge on any atom is 0.248 e. The lowest BCUT2D eigenvalue weighted by Gasteiger charge is -2.34. The van der Waals surface area contributed by atoms with E-state index in [1.54, 1.807) is 20.2 Å². The molecular weight excluding hydrogens is 354 g/mol. The average molecular weight is 373 g/mol. The average Bonchev–Trinajstić information content (AvgIpc) is 3.00. The van der Waals surface area contributed by atoms with Crippen LogP contribution in [0.15, 0.2) is 40.0 Å². The number of fused-ring (bicyclic) bond motifs is 1. The van der Waals surface area contributed by atoms with Crippen molar-refractivity contribution in [1.29, 1.82) is 0 Å². The Morgan fingerprint density at radius 1 is 1.04 bits per heavy atom. The van der Waals surface area contributed by atoms with Gasteiger partial charge in [-0.1, -0.05) is 17.3 Å². The van der Waals surface area contributed by atoms with Gasteiger partial charge in [0.05, 0.1) is 5.52 Å². The number of hydrogen-bond donors (Lipinski definition) is 0. The molecule has 136 valence electrons. The predicted octanol–water partition coefficient (Wildman–Crippen LogP) is 1.75. The Hall–Kier alpha value is -2.52. The van der Waals surface area contributed by atoms with Crippen LogP contribution in [0.3, 0.4) is 0 Å². The summed E-state index contributed by atoms with van der Waals surface area (Å²) >= 11 is 0. The molecule has 1 aromatic carbocycles. The summed E-state index contributed by atoms with van der Waals surface area (Å²) in [5.41, 5.74) is 1.27. The summed E-state index contributed by atoms with van der Waals surface area (Å²) in [6.07, 6.45) is 1.55. The Balaban J connectivity index is 1.58. The van der Waals surface area contributed by atoms with Crippen molar-refractivity contribution in [1.82, 2.24) is 19.4 Å². The van der Waals surface area contributed by atoms with Crippen LogP contribution < -0.4 is 4.90 Å². The first kappa shape index (κ1) is 16.9. The molecule has 0 N–H and O–H groups in total. The number of nitrogens with zero attached hydrogens (tertiary/aromatic N) is 5. The van der Waals surface area contributed by atoms with Crippen molar-refractivity contribution < 1.29 is 12.9 Å². The van der Waals surface area contributed by atoms with Crippen molar-refractivity contribution >= 4 is 26.7 Å². The third-order valence-electron chi connectivity index (χ3n) is 4.63. The number of aryl methyl sites for hydroxylation is 2. The minimum atomic E-state index is -3.61. The van der Waals surface area contributed by atoms with E-state index in [4.69, 9.17) is 4.52 Å². The van der Waals surface area contributed by atoms with Crippen molar-refractivity contribution in [2.24, 2.45) is 0 Å². The van der Waals surface area contributed by atoms with Crippen LogP contribution in [-0.2, 0) is 10.0 Å². The molecule has 0 atom stereocenters. The summed E-state index contributed by atoms with van der Waals surface area (Å²) < 4.78 is 32.4. The first-order chi connectivity index (χ1) is 12.5. The van der Waals surface area contributed by atoms with E-state index in [2.05, 4.69) is 20.0 Å². The van der Waals surface area contributed by atoms with Gasteiger partial charge in [0.2, 0.25) is 10.0 Å². The molecule has 3 aromatic rings. The molecule has 0 saturated carbocycles. The van der Waals surface area contributed by atoms with Crippen LogP contribution in [-0.4, -0.2) is 54.0 Å². The topological polar surface area (TPSA) is 92.4 Å². The number of para-hydroxylation sites is 1. The molecule has 0 radical (unpaired) electrons. The molecule has 3 heterocycles. The minimum absolute atomic E-state index is 0.179. The lowest BCUT2D eigenvalue weighted by Crippen LogP contribution is -2.49. The second kappa shape index (κ2) is 6.33. The number of anilines is 1. The standard InChI is InChI=1S/C17H19N5O3S/c1-12-16(13(2)25-20-12)26(23,24)22-9-7-21(8-10-22)17-14-5-3-4-6-15(14)18-11-19-17/h3-6,11H,7-10H2,1-2H3. The van der Waals surface area contributed by atoms with Crippen LogP contribution >= 0.6 is 0 Å². The second-order valence-electron chi connectivity index (χ2n) is 6.26. The van der Waals surface area contributed by atoms with E-state index in [0.717, 1.165) is 16.7 Å². The summed E-state index contributed by atoms with van der Waals surface area (Å²) in [7, 11) is -3.61. The molecule has 0 amide bonds. The van der Waals surface area contributed by atoms with E-state index in [-0.39, 0.29) is 4.90 Å². The monoisotopic (exact) mass is 373 g/mol. The van der Waals surface area contributed by atoms with Gasteiger partial charge in [-0.3, -0.25) is 0 Å². The molecule has 0 unspecified atom stereocenters. The number of benzene rings is 1. The van der Waals surface area contributed by atoms with Crippen LogP contribution in [0.4, 0.5) is 5.82 Å². The van der Waals surface area contributed by atoms with E-state index in [9.17, 15) is 8.42 Å². The third kappa shape index (κ3) is 2.73. The van der Waals surface area contributed by atoms with Crippen molar-refractivity contribution in [3.05, 3.63) is 42.0 Å². The zero-order valence-electron chi connectivity index (χ0n) is 14.6. The van der Waals surface area contributed by atoms with E-state index in [0.29, 0.717) is 37.6 Å². The molecule has 1 aliphatic rings. The van der Waals surface area contributed by atoms with Crippen molar-refractivity contribution in [3.8, 4) is 0 Å². The molecule has 0 bridgehead atoms. The van der Waals surface area contributed by atoms with E-state index in [1.165, 1.54) is 4.31 Å². The van der Waals surface area contributed by atoms with Crippen LogP contribution in [0.1, 0.15) is 11.5 Å². The fourth-order valence-corrected chi connectivity index (χ4v) is 5.07. The van der Waals surface area contributed by atoms with E-state index < -0.39 is 10.0 Å². The van der Waals surface area contributed by atoms with Crippen LogP contribution in [0, 0.1) is 13.8 Å². The smallest absolute Gasteiger partial charge is 0.248 e. The number of hydrogen-bond acceptors (Lipinski definition) is 7. The van der Waals surface area contributed by atoms with E-state index >= 15 is 0 Å². The molecule has 26 heavy (non-hydrogen) atoms. The normalized spacial score (nSPS) is 16.3. The molecule has 1 saturated heterocycles.